The molecule has 19 heavy (non-hydrogen) atoms. The Kier molecular flexibility index (Phi) is 4.39. The van der Waals surface area contributed by atoms with Crippen LogP contribution in [0.3, 0.4) is 0 Å². The highest BCUT2D eigenvalue weighted by Gasteiger charge is 2.30. The van der Waals surface area contributed by atoms with Crippen LogP contribution in [-0.4, -0.2) is 17.0 Å². The van der Waals surface area contributed by atoms with Gasteiger partial charge in [-0.15, -0.1) is 0 Å². The van der Waals surface area contributed by atoms with Crippen molar-refractivity contribution >= 4 is 22.6 Å². The summed E-state index contributed by atoms with van der Waals surface area (Å²) >= 11 is 1.60. The third-order valence-electron chi connectivity index (χ3n) is 2.77. The summed E-state index contributed by atoms with van der Waals surface area (Å²) in [7, 11) is 0. The Bertz CT molecular complexity index is 471. The van der Waals surface area contributed by atoms with Crippen LogP contribution in [0.1, 0.15) is 25.3 Å². The number of nitrogens with one attached hydrogen (secondary N) is 1. The van der Waals surface area contributed by atoms with E-state index in [-0.39, 0.29) is 0 Å². The highest BCUT2D eigenvalue weighted by Crippen LogP contribution is 2.31. The minimum Gasteiger partial charge on any atom is -0.335 e. The van der Waals surface area contributed by atoms with Gasteiger partial charge in [-0.2, -0.15) is 13.2 Å². The van der Waals surface area contributed by atoms with Gasteiger partial charge < -0.3 is 5.32 Å². The second-order valence-corrected chi connectivity index (χ2v) is 5.67. The lowest BCUT2D eigenvalue weighted by atomic mass is 10.2. The van der Waals surface area contributed by atoms with Crippen LogP contribution in [0.5, 0.6) is 0 Å². The van der Waals surface area contributed by atoms with Crippen LogP contribution in [0.2, 0.25) is 0 Å². The average molecular weight is 288 g/mol. The number of amidine groups is 1. The summed E-state index contributed by atoms with van der Waals surface area (Å²) < 4.78 is 37.7. The normalized spacial score (nSPS) is 19.4. The Hall–Kier alpha value is -1.17. The van der Waals surface area contributed by atoms with Gasteiger partial charge in [-0.25, -0.2) is 0 Å². The summed E-state index contributed by atoms with van der Waals surface area (Å²) in [6.07, 6.45) is -2.15. The van der Waals surface area contributed by atoms with Crippen LogP contribution in [0.4, 0.5) is 18.9 Å². The van der Waals surface area contributed by atoms with Gasteiger partial charge in [-0.3, -0.25) is 4.99 Å². The highest BCUT2D eigenvalue weighted by molar-refractivity contribution is 8.15. The summed E-state index contributed by atoms with van der Waals surface area (Å²) in [5.41, 5.74) is -0.218. The molecule has 104 valence electrons. The second-order valence-electron chi connectivity index (χ2n) is 4.38. The first-order valence-electron chi connectivity index (χ1n) is 6.14. The van der Waals surface area contributed by atoms with Crippen molar-refractivity contribution in [2.45, 2.75) is 31.2 Å². The van der Waals surface area contributed by atoms with Gasteiger partial charge in [-0.1, -0.05) is 31.2 Å². The minimum atomic E-state index is -4.31. The first-order valence-corrected chi connectivity index (χ1v) is 7.02. The fourth-order valence-corrected chi connectivity index (χ4v) is 3.00. The van der Waals surface area contributed by atoms with Crippen LogP contribution in [0.15, 0.2) is 29.3 Å². The first kappa shape index (κ1) is 14.2. The standard InChI is InChI=1S/C13H15F3N2S/c1-2-4-11-8-17-12(19-11)18-10-6-3-5-9(7-10)13(14,15)16/h3,5-7,11H,2,4,8H2,1H3,(H,17,18). The monoisotopic (exact) mass is 288 g/mol. The van der Waals surface area contributed by atoms with Gasteiger partial charge in [0, 0.05) is 10.9 Å². The smallest absolute Gasteiger partial charge is 0.335 e. The van der Waals surface area contributed by atoms with Crippen LogP contribution in [0, 0.1) is 0 Å². The minimum absolute atomic E-state index is 0.429. The molecular formula is C13H15F3N2S. The maximum absolute atomic E-state index is 12.6. The number of rotatable bonds is 3. The van der Waals surface area contributed by atoms with E-state index in [9.17, 15) is 13.2 Å². The van der Waals surface area contributed by atoms with E-state index in [0.717, 1.165) is 31.5 Å². The number of halogens is 3. The molecule has 1 unspecified atom stereocenters. The number of thioether (sulfide) groups is 1. The summed E-state index contributed by atoms with van der Waals surface area (Å²) in [6, 6.07) is 5.19. The molecule has 1 aliphatic heterocycles. The van der Waals surface area contributed by atoms with Crippen LogP contribution >= 0.6 is 11.8 Å². The Morgan fingerprint density at radius 3 is 2.89 bits per heavy atom. The Morgan fingerprint density at radius 1 is 1.42 bits per heavy atom. The Labute approximate surface area is 114 Å². The predicted molar refractivity (Wildman–Crippen MR) is 73.7 cm³/mol. The second kappa shape index (κ2) is 5.86. The van der Waals surface area contributed by atoms with Crippen molar-refractivity contribution < 1.29 is 13.2 Å². The molecule has 0 bridgehead atoms. The molecule has 1 heterocycles. The van der Waals surface area contributed by atoms with E-state index < -0.39 is 11.7 Å². The number of aliphatic imine (C=N–C) groups is 1. The zero-order valence-electron chi connectivity index (χ0n) is 10.5. The third-order valence-corrected chi connectivity index (χ3v) is 3.94. The molecule has 0 amide bonds. The number of hydrogen-bond acceptors (Lipinski definition) is 3. The molecule has 0 fully saturated rings. The first-order chi connectivity index (χ1) is 8.99. The van der Waals surface area contributed by atoms with Crippen molar-refractivity contribution in [3.8, 4) is 0 Å². The van der Waals surface area contributed by atoms with E-state index in [0.29, 0.717) is 16.1 Å². The van der Waals surface area contributed by atoms with Gasteiger partial charge in [-0.05, 0) is 24.6 Å². The van der Waals surface area contributed by atoms with E-state index in [1.165, 1.54) is 6.07 Å². The molecule has 0 spiro atoms. The molecule has 2 rings (SSSR count). The Balaban J connectivity index is 2.01. The number of benzene rings is 1. The van der Waals surface area contributed by atoms with E-state index in [4.69, 9.17) is 0 Å². The molecule has 0 aliphatic carbocycles. The SMILES string of the molecule is CCCC1CN=C(Nc2cccc(C(F)(F)F)c2)S1. The summed E-state index contributed by atoms with van der Waals surface area (Å²) in [5.74, 6) is 0. The summed E-state index contributed by atoms with van der Waals surface area (Å²) in [6.45, 7) is 2.85. The molecular weight excluding hydrogens is 273 g/mol. The van der Waals surface area contributed by atoms with Gasteiger partial charge in [0.15, 0.2) is 5.17 Å². The van der Waals surface area contributed by atoms with Crippen molar-refractivity contribution in [3.05, 3.63) is 29.8 Å². The quantitative estimate of drug-likeness (QED) is 0.892. The zero-order chi connectivity index (χ0) is 13.9. The molecule has 0 radical (unpaired) electrons. The number of alkyl halides is 3. The van der Waals surface area contributed by atoms with E-state index in [1.54, 1.807) is 17.8 Å². The van der Waals surface area contributed by atoms with Gasteiger partial charge in [0.2, 0.25) is 0 Å². The fourth-order valence-electron chi connectivity index (χ4n) is 1.86. The van der Waals surface area contributed by atoms with Gasteiger partial charge in [0.05, 0.1) is 12.1 Å². The molecule has 2 nitrogen and oxygen atoms in total. The van der Waals surface area contributed by atoms with E-state index >= 15 is 0 Å². The maximum atomic E-state index is 12.6. The summed E-state index contributed by atoms with van der Waals surface area (Å²) in [4.78, 5) is 4.31. The molecule has 6 heteroatoms. The number of nitrogens with zero attached hydrogens (tertiary/aromatic N) is 1. The molecule has 1 aliphatic rings. The van der Waals surface area contributed by atoms with Crippen molar-refractivity contribution in [3.63, 3.8) is 0 Å². The van der Waals surface area contributed by atoms with Crippen LogP contribution < -0.4 is 5.32 Å². The molecule has 1 N–H and O–H groups in total. The lowest BCUT2D eigenvalue weighted by molar-refractivity contribution is -0.137. The van der Waals surface area contributed by atoms with Crippen molar-refractivity contribution in [2.75, 3.05) is 11.9 Å². The maximum Gasteiger partial charge on any atom is 0.416 e. The van der Waals surface area contributed by atoms with Crippen LogP contribution in [0.25, 0.3) is 0 Å². The van der Waals surface area contributed by atoms with E-state index in [1.807, 2.05) is 0 Å². The molecule has 1 aromatic carbocycles. The van der Waals surface area contributed by atoms with E-state index in [2.05, 4.69) is 17.2 Å². The Morgan fingerprint density at radius 2 is 2.21 bits per heavy atom. The topological polar surface area (TPSA) is 24.4 Å². The predicted octanol–water partition coefficient (Wildman–Crippen LogP) is 4.39. The molecule has 0 aromatic heterocycles. The lowest BCUT2D eigenvalue weighted by Gasteiger charge is -2.11. The molecule has 0 saturated heterocycles. The average Bonchev–Trinajstić information content (AvgIpc) is 2.76. The molecule has 1 aromatic rings. The molecule has 1 atom stereocenters. The summed E-state index contributed by atoms with van der Waals surface area (Å²) in [5, 5.41) is 4.10. The van der Waals surface area contributed by atoms with Gasteiger partial charge >= 0.3 is 6.18 Å². The third kappa shape index (κ3) is 3.89. The zero-order valence-corrected chi connectivity index (χ0v) is 11.3. The number of hydrogen-bond donors (Lipinski definition) is 1. The van der Waals surface area contributed by atoms with Crippen LogP contribution in [-0.2, 0) is 6.18 Å². The van der Waals surface area contributed by atoms with Gasteiger partial charge in [0.1, 0.15) is 0 Å². The largest absolute Gasteiger partial charge is 0.416 e. The van der Waals surface area contributed by atoms with Crippen molar-refractivity contribution in [1.82, 2.24) is 0 Å². The lowest BCUT2D eigenvalue weighted by Crippen LogP contribution is -2.09. The fraction of sp³-hybridized carbons (Fsp3) is 0.462. The number of anilines is 1. The highest BCUT2D eigenvalue weighted by atomic mass is 32.2. The molecule has 0 saturated carbocycles. The van der Waals surface area contributed by atoms with Crippen molar-refractivity contribution in [1.29, 1.82) is 0 Å². The van der Waals surface area contributed by atoms with Crippen molar-refractivity contribution in [2.24, 2.45) is 4.99 Å². The van der Waals surface area contributed by atoms with Gasteiger partial charge in [0.25, 0.3) is 0 Å².